The smallest absolute Gasteiger partial charge is 0.261 e. The number of benzene rings is 3. The van der Waals surface area contributed by atoms with Gasteiger partial charge in [-0.15, -0.1) is 0 Å². The molecule has 0 aromatic heterocycles. The molecule has 0 N–H and O–H groups in total. The summed E-state index contributed by atoms with van der Waals surface area (Å²) in [6, 6.07) is 14.0. The van der Waals surface area contributed by atoms with Crippen LogP contribution in [0.25, 0.3) is 21.4 Å². The van der Waals surface area contributed by atoms with Gasteiger partial charge in [-0.2, -0.15) is 0 Å². The third kappa shape index (κ3) is 4.06. The zero-order valence-electron chi connectivity index (χ0n) is 20.0. The maximum absolute atomic E-state index is 13.1. The van der Waals surface area contributed by atoms with Crippen molar-refractivity contribution in [3.05, 3.63) is 80.7 Å². The van der Waals surface area contributed by atoms with Gasteiger partial charge in [0, 0.05) is 72.9 Å². The maximum Gasteiger partial charge on any atom is 0.261 e. The molecule has 10 heteroatoms. The second-order valence-electron chi connectivity index (χ2n) is 9.10. The second-order valence-corrected chi connectivity index (χ2v) is 12.7. The average molecular weight is 584 g/mol. The number of hydrogen-bond donors (Lipinski definition) is 0. The first-order chi connectivity index (χ1) is 18.4. The van der Waals surface area contributed by atoms with Crippen LogP contribution in [0.3, 0.4) is 0 Å². The molecule has 192 valence electrons. The van der Waals surface area contributed by atoms with E-state index in [1.807, 2.05) is 12.1 Å². The number of amides is 4. The minimum Gasteiger partial charge on any atom is -0.274 e. The molecule has 0 radical (unpaired) electrons. The van der Waals surface area contributed by atoms with E-state index in [4.69, 9.17) is 23.2 Å². The molecule has 6 rings (SSSR count). The third-order valence-electron chi connectivity index (χ3n) is 7.05. The second kappa shape index (κ2) is 10.1. The zero-order chi connectivity index (χ0) is 26.6. The Bertz CT molecular complexity index is 1680. The molecular formula is C28H20Cl2N2O4S2. The molecule has 0 bridgehead atoms. The summed E-state index contributed by atoms with van der Waals surface area (Å²) in [5.74, 6) is -0.163. The van der Waals surface area contributed by atoms with Gasteiger partial charge in [0.25, 0.3) is 23.6 Å². The molecule has 3 aromatic carbocycles. The third-order valence-corrected chi connectivity index (χ3v) is 10.1. The fraction of sp³-hybridized carbons (Fsp3) is 0.214. The van der Waals surface area contributed by atoms with Crippen LogP contribution >= 0.6 is 44.8 Å². The van der Waals surface area contributed by atoms with Crippen LogP contribution in [0.1, 0.15) is 43.9 Å². The molecular weight excluding hydrogens is 563 g/mol. The molecule has 0 fully saturated rings. The lowest BCUT2D eigenvalue weighted by Crippen LogP contribution is -2.51. The van der Waals surface area contributed by atoms with Crippen molar-refractivity contribution in [2.45, 2.75) is 12.8 Å². The number of hydrogen-bond acceptors (Lipinski definition) is 6. The summed E-state index contributed by atoms with van der Waals surface area (Å²) in [7, 11) is 3.00. The molecule has 38 heavy (non-hydrogen) atoms. The summed E-state index contributed by atoms with van der Waals surface area (Å²) >= 11 is 12.6. The summed E-state index contributed by atoms with van der Waals surface area (Å²) in [5, 5.41) is 3.95. The molecule has 3 aliphatic rings. The lowest BCUT2D eigenvalue weighted by atomic mass is 9.91. The minimum atomic E-state index is -0.328. The van der Waals surface area contributed by atoms with E-state index < -0.39 is 0 Å². The average Bonchev–Trinajstić information content (AvgIpc) is 2.92. The highest BCUT2D eigenvalue weighted by molar-refractivity contribution is 8.76. The lowest BCUT2D eigenvalue weighted by Gasteiger charge is -2.28. The van der Waals surface area contributed by atoms with Crippen LogP contribution in [0.15, 0.2) is 48.5 Å². The van der Waals surface area contributed by atoms with Crippen molar-refractivity contribution >= 4 is 89.8 Å². The van der Waals surface area contributed by atoms with Crippen molar-refractivity contribution in [2.75, 3.05) is 24.6 Å². The number of imide groups is 2. The molecule has 0 atom stereocenters. The van der Waals surface area contributed by atoms with Crippen molar-refractivity contribution in [2.24, 2.45) is 0 Å². The molecule has 6 nitrogen and oxygen atoms in total. The molecule has 0 saturated carbocycles. The van der Waals surface area contributed by atoms with Gasteiger partial charge in [-0.3, -0.25) is 29.0 Å². The SMILES string of the molecule is O=C1C2=c3c(cccc3=C(Cl)CC2)C(=O)N1CCSSCCN1C(=O)c2cccc3c(Cl)ccc(c23)C1=O. The van der Waals surface area contributed by atoms with Crippen LogP contribution in [0, 0.1) is 0 Å². The van der Waals surface area contributed by atoms with Gasteiger partial charge in [-0.1, -0.05) is 69.1 Å². The van der Waals surface area contributed by atoms with Gasteiger partial charge in [-0.05, 0) is 42.3 Å². The van der Waals surface area contributed by atoms with Gasteiger partial charge in [0.05, 0.1) is 0 Å². The van der Waals surface area contributed by atoms with Crippen LogP contribution in [-0.2, 0) is 4.79 Å². The quantitative estimate of drug-likeness (QED) is 0.233. The monoisotopic (exact) mass is 582 g/mol. The van der Waals surface area contributed by atoms with Crippen LogP contribution < -0.4 is 10.4 Å². The van der Waals surface area contributed by atoms with Crippen molar-refractivity contribution in [1.82, 2.24) is 9.80 Å². The summed E-state index contributed by atoms with van der Waals surface area (Å²) in [6.07, 6.45) is 1.11. The first kappa shape index (κ1) is 25.5. The van der Waals surface area contributed by atoms with Gasteiger partial charge < -0.3 is 0 Å². The van der Waals surface area contributed by atoms with Crippen LogP contribution in [0.5, 0.6) is 0 Å². The van der Waals surface area contributed by atoms with Crippen molar-refractivity contribution < 1.29 is 19.2 Å². The molecule has 2 aliphatic heterocycles. The Morgan fingerprint density at radius 1 is 0.684 bits per heavy atom. The van der Waals surface area contributed by atoms with E-state index in [-0.39, 0.29) is 36.7 Å². The Morgan fingerprint density at radius 2 is 1.29 bits per heavy atom. The first-order valence-electron chi connectivity index (χ1n) is 12.1. The molecule has 4 amide bonds. The van der Waals surface area contributed by atoms with Gasteiger partial charge in [-0.25, -0.2) is 0 Å². The highest BCUT2D eigenvalue weighted by atomic mass is 35.5. The summed E-state index contributed by atoms with van der Waals surface area (Å²) in [6.45, 7) is 0.526. The van der Waals surface area contributed by atoms with E-state index in [1.165, 1.54) is 31.4 Å². The Balaban J connectivity index is 1.07. The Kier molecular flexibility index (Phi) is 6.76. The van der Waals surface area contributed by atoms with Crippen molar-refractivity contribution in [3.63, 3.8) is 0 Å². The van der Waals surface area contributed by atoms with Crippen LogP contribution in [0.4, 0.5) is 0 Å². The lowest BCUT2D eigenvalue weighted by molar-refractivity contribution is -0.123. The highest BCUT2D eigenvalue weighted by Crippen LogP contribution is 2.34. The van der Waals surface area contributed by atoms with Gasteiger partial charge in [0.15, 0.2) is 0 Å². The number of carbonyl (C=O) groups is 4. The fourth-order valence-electron chi connectivity index (χ4n) is 5.28. The highest BCUT2D eigenvalue weighted by Gasteiger charge is 2.34. The number of rotatable bonds is 7. The van der Waals surface area contributed by atoms with Gasteiger partial charge in [0.2, 0.25) is 0 Å². The predicted octanol–water partition coefficient (Wildman–Crippen LogP) is 4.44. The molecule has 3 aromatic rings. The molecule has 0 spiro atoms. The summed E-state index contributed by atoms with van der Waals surface area (Å²) in [5.41, 5.74) is 2.12. The van der Waals surface area contributed by atoms with Crippen LogP contribution in [-0.4, -0.2) is 58.0 Å². The van der Waals surface area contributed by atoms with E-state index in [1.54, 1.807) is 36.4 Å². The zero-order valence-corrected chi connectivity index (χ0v) is 23.1. The Morgan fingerprint density at radius 3 is 2.03 bits per heavy atom. The van der Waals surface area contributed by atoms with Crippen molar-refractivity contribution in [3.8, 4) is 0 Å². The largest absolute Gasteiger partial charge is 0.274 e. The fourth-order valence-corrected chi connectivity index (χ4v) is 7.66. The Labute approximate surface area is 236 Å². The van der Waals surface area contributed by atoms with E-state index in [9.17, 15) is 19.2 Å². The number of halogens is 2. The van der Waals surface area contributed by atoms with Crippen molar-refractivity contribution in [1.29, 1.82) is 0 Å². The van der Waals surface area contributed by atoms with Gasteiger partial charge >= 0.3 is 0 Å². The molecule has 0 saturated heterocycles. The van der Waals surface area contributed by atoms with E-state index in [0.29, 0.717) is 72.7 Å². The summed E-state index contributed by atoms with van der Waals surface area (Å²) in [4.78, 5) is 55.0. The van der Waals surface area contributed by atoms with Crippen LogP contribution in [0.2, 0.25) is 5.02 Å². The number of carbonyl (C=O) groups excluding carboxylic acids is 4. The van der Waals surface area contributed by atoms with E-state index >= 15 is 0 Å². The van der Waals surface area contributed by atoms with E-state index in [2.05, 4.69) is 0 Å². The number of nitrogens with zero attached hydrogens (tertiary/aromatic N) is 2. The van der Waals surface area contributed by atoms with Gasteiger partial charge in [0.1, 0.15) is 0 Å². The summed E-state index contributed by atoms with van der Waals surface area (Å²) < 4.78 is 0. The van der Waals surface area contributed by atoms with E-state index in [0.717, 1.165) is 5.22 Å². The topological polar surface area (TPSA) is 74.8 Å². The minimum absolute atomic E-state index is 0.248. The molecule has 0 unspecified atom stereocenters. The maximum atomic E-state index is 13.1. The molecule has 2 heterocycles. The predicted molar refractivity (Wildman–Crippen MR) is 153 cm³/mol. The first-order valence-corrected chi connectivity index (χ1v) is 15.3. The molecule has 1 aliphatic carbocycles. The normalized spacial score (nSPS) is 16.6. The Hall–Kier alpha value is -2.78. The standard InChI is InChI=1S/C28H20Cl2N2O4S2/c29-21-9-7-19-23-15(21)3-1-5-17(23)25(33)31(27(19)35)11-13-37-38-14-12-32-26(34)18-6-2-4-16-22(30)10-8-20(24(16)18)28(32)36/h1-7,9H,8,10-14H2.